The molecule has 3 N–H and O–H groups in total. The molecule has 0 radical (unpaired) electrons. The predicted octanol–water partition coefficient (Wildman–Crippen LogP) is 3.31. The second-order valence-electron chi connectivity index (χ2n) is 8.12. The van der Waals surface area contributed by atoms with Crippen molar-refractivity contribution in [2.24, 2.45) is 0 Å². The van der Waals surface area contributed by atoms with Crippen LogP contribution in [0.5, 0.6) is 0 Å². The number of anilines is 2. The molecule has 3 aromatic heterocycles. The summed E-state index contributed by atoms with van der Waals surface area (Å²) in [5, 5.41) is 2.77. The van der Waals surface area contributed by atoms with Crippen molar-refractivity contribution < 1.29 is 9.59 Å². The van der Waals surface area contributed by atoms with Crippen molar-refractivity contribution in [2.45, 2.75) is 25.8 Å². The van der Waals surface area contributed by atoms with E-state index in [1.165, 1.54) is 0 Å². The minimum atomic E-state index is -0.262. The van der Waals surface area contributed by atoms with Crippen LogP contribution in [-0.4, -0.2) is 42.6 Å². The van der Waals surface area contributed by atoms with Crippen LogP contribution in [0.3, 0.4) is 0 Å². The van der Waals surface area contributed by atoms with Crippen LogP contribution >= 0.6 is 0 Å². The van der Waals surface area contributed by atoms with Crippen LogP contribution in [0.1, 0.15) is 41.9 Å². The highest BCUT2D eigenvalue weighted by Gasteiger charge is 2.33. The Labute approximate surface area is 202 Å². The summed E-state index contributed by atoms with van der Waals surface area (Å²) in [5.41, 5.74) is 9.05. The zero-order valence-electron chi connectivity index (χ0n) is 19.1. The molecule has 4 heterocycles. The maximum absolute atomic E-state index is 12.6. The van der Waals surface area contributed by atoms with E-state index in [1.807, 2.05) is 18.2 Å². The number of aromatic nitrogens is 4. The van der Waals surface area contributed by atoms with E-state index < -0.39 is 0 Å². The lowest BCUT2D eigenvalue weighted by molar-refractivity contribution is -0.126. The van der Waals surface area contributed by atoms with Crippen LogP contribution < -0.4 is 11.1 Å². The van der Waals surface area contributed by atoms with Crippen molar-refractivity contribution in [1.82, 2.24) is 24.3 Å². The quantitative estimate of drug-likeness (QED) is 0.447. The maximum atomic E-state index is 12.6. The summed E-state index contributed by atoms with van der Waals surface area (Å²) in [6.45, 7) is 2.28. The van der Waals surface area contributed by atoms with Crippen LogP contribution in [0.2, 0.25) is 0 Å². The SMILES string of the molecule is CC#CC(=O)N1CCC[C@H]1c1nc(-c2ccc(C(=O)Nc3ccccn3)cc2)n2c(N)nccc12. The molecule has 35 heavy (non-hydrogen) atoms. The highest BCUT2D eigenvalue weighted by atomic mass is 16.2. The van der Waals surface area contributed by atoms with E-state index in [1.54, 1.807) is 58.9 Å². The fourth-order valence-corrected chi connectivity index (χ4v) is 4.39. The van der Waals surface area contributed by atoms with Gasteiger partial charge in [-0.05, 0) is 56.0 Å². The molecule has 5 rings (SSSR count). The summed E-state index contributed by atoms with van der Waals surface area (Å²) < 4.78 is 1.78. The summed E-state index contributed by atoms with van der Waals surface area (Å²) in [6.07, 6.45) is 4.92. The number of nitrogens with zero attached hydrogens (tertiary/aromatic N) is 5. The Bertz CT molecular complexity index is 1470. The van der Waals surface area contributed by atoms with Gasteiger partial charge in [0.2, 0.25) is 5.95 Å². The first-order valence-corrected chi connectivity index (χ1v) is 11.3. The zero-order valence-corrected chi connectivity index (χ0v) is 19.1. The minimum absolute atomic E-state index is 0.197. The molecule has 9 heteroatoms. The van der Waals surface area contributed by atoms with Crippen LogP contribution in [0, 0.1) is 11.8 Å². The number of pyridine rings is 1. The molecule has 1 aliphatic rings. The first-order chi connectivity index (χ1) is 17.1. The molecular weight excluding hydrogens is 442 g/mol. The second-order valence-corrected chi connectivity index (χ2v) is 8.12. The molecule has 9 nitrogen and oxygen atoms in total. The molecule has 1 atom stereocenters. The highest BCUT2D eigenvalue weighted by Crippen LogP contribution is 2.36. The topological polar surface area (TPSA) is 119 Å². The lowest BCUT2D eigenvalue weighted by Crippen LogP contribution is -2.29. The molecule has 1 aliphatic heterocycles. The number of likely N-dealkylation sites (tertiary alicyclic amines) is 1. The van der Waals surface area contributed by atoms with Gasteiger partial charge in [0.05, 0.1) is 17.3 Å². The van der Waals surface area contributed by atoms with Crippen LogP contribution in [0.25, 0.3) is 16.9 Å². The lowest BCUT2D eigenvalue weighted by atomic mass is 10.1. The third-order valence-corrected chi connectivity index (χ3v) is 5.98. The number of hydrogen-bond acceptors (Lipinski definition) is 6. The standard InChI is InChI=1S/C26H23N7O2/c1-2-6-22(34)32-16-5-7-19(32)23-20-13-15-29-26(27)33(20)24(31-23)17-9-11-18(12-10-17)25(35)30-21-8-3-4-14-28-21/h3-4,8-15,19H,5,7,16H2,1H3,(H2,27,29)(H,28,30,35)/t19-/m0/s1. The average Bonchev–Trinajstić information content (AvgIpc) is 3.51. The largest absolute Gasteiger partial charge is 0.369 e. The number of carbonyl (C=O) groups excluding carboxylic acids is 2. The smallest absolute Gasteiger partial charge is 0.299 e. The Balaban J connectivity index is 1.51. The van der Waals surface area contributed by atoms with E-state index in [4.69, 9.17) is 10.7 Å². The Hall–Kier alpha value is -4.71. The molecule has 1 saturated heterocycles. The zero-order chi connectivity index (χ0) is 24.4. The molecule has 0 aliphatic carbocycles. The molecule has 4 aromatic rings. The number of rotatable bonds is 4. The second kappa shape index (κ2) is 9.27. The Morgan fingerprint density at radius 1 is 1.09 bits per heavy atom. The number of nitrogens with one attached hydrogen (secondary N) is 1. The number of amides is 2. The van der Waals surface area contributed by atoms with Gasteiger partial charge in [-0.25, -0.2) is 15.0 Å². The third-order valence-electron chi connectivity index (χ3n) is 5.98. The summed E-state index contributed by atoms with van der Waals surface area (Å²) in [6, 6.07) is 14.1. The average molecular weight is 466 g/mol. The molecule has 0 spiro atoms. The predicted molar refractivity (Wildman–Crippen MR) is 132 cm³/mol. The van der Waals surface area contributed by atoms with Gasteiger partial charge in [0.25, 0.3) is 11.8 Å². The molecule has 174 valence electrons. The first kappa shape index (κ1) is 22.1. The Morgan fingerprint density at radius 2 is 1.91 bits per heavy atom. The van der Waals surface area contributed by atoms with Crippen LogP contribution in [0.15, 0.2) is 60.9 Å². The molecule has 1 fully saturated rings. The van der Waals surface area contributed by atoms with Crippen molar-refractivity contribution in [3.8, 4) is 23.2 Å². The highest BCUT2D eigenvalue weighted by molar-refractivity contribution is 6.04. The van der Waals surface area contributed by atoms with Gasteiger partial charge in [0.15, 0.2) is 0 Å². The van der Waals surface area contributed by atoms with Gasteiger partial charge >= 0.3 is 0 Å². The normalized spacial score (nSPS) is 15.0. The molecular formula is C26H23N7O2. The van der Waals surface area contributed by atoms with E-state index in [-0.39, 0.29) is 23.8 Å². The summed E-state index contributed by atoms with van der Waals surface area (Å²) in [7, 11) is 0. The van der Waals surface area contributed by atoms with Crippen molar-refractivity contribution in [3.63, 3.8) is 0 Å². The van der Waals surface area contributed by atoms with Gasteiger partial charge in [-0.3, -0.25) is 14.0 Å². The minimum Gasteiger partial charge on any atom is -0.369 e. The Kier molecular flexibility index (Phi) is 5.85. The molecule has 0 unspecified atom stereocenters. The summed E-state index contributed by atoms with van der Waals surface area (Å²) in [4.78, 5) is 40.2. The van der Waals surface area contributed by atoms with Gasteiger partial charge < -0.3 is 16.0 Å². The van der Waals surface area contributed by atoms with E-state index in [2.05, 4.69) is 27.1 Å². The maximum Gasteiger partial charge on any atom is 0.299 e. The fourth-order valence-electron chi connectivity index (χ4n) is 4.39. The number of nitrogens with two attached hydrogens (primary N) is 1. The molecule has 0 bridgehead atoms. The molecule has 1 aromatic carbocycles. The number of hydrogen-bond donors (Lipinski definition) is 2. The van der Waals surface area contributed by atoms with Gasteiger partial charge in [-0.15, -0.1) is 0 Å². The van der Waals surface area contributed by atoms with E-state index in [0.29, 0.717) is 23.8 Å². The van der Waals surface area contributed by atoms with Crippen LogP contribution in [-0.2, 0) is 4.79 Å². The summed E-state index contributed by atoms with van der Waals surface area (Å²) >= 11 is 0. The van der Waals surface area contributed by atoms with Crippen molar-refractivity contribution in [1.29, 1.82) is 0 Å². The van der Waals surface area contributed by atoms with Crippen molar-refractivity contribution in [2.75, 3.05) is 17.6 Å². The van der Waals surface area contributed by atoms with E-state index in [0.717, 1.165) is 29.6 Å². The van der Waals surface area contributed by atoms with Gasteiger partial charge in [-0.1, -0.05) is 24.1 Å². The monoisotopic (exact) mass is 465 g/mol. The number of benzene rings is 1. The van der Waals surface area contributed by atoms with Gasteiger partial charge in [0, 0.05) is 30.1 Å². The third kappa shape index (κ3) is 4.17. The summed E-state index contributed by atoms with van der Waals surface area (Å²) in [5.74, 6) is 6.23. The number of fused-ring (bicyclic) bond motifs is 1. The lowest BCUT2D eigenvalue weighted by Gasteiger charge is -2.21. The number of imidazole rings is 1. The van der Waals surface area contributed by atoms with Gasteiger partial charge in [0.1, 0.15) is 11.6 Å². The van der Waals surface area contributed by atoms with Crippen molar-refractivity contribution >= 4 is 29.1 Å². The molecule has 0 saturated carbocycles. The van der Waals surface area contributed by atoms with Crippen LogP contribution in [0.4, 0.5) is 11.8 Å². The number of carbonyl (C=O) groups is 2. The molecule has 2 amide bonds. The fraction of sp³-hybridized carbons (Fsp3) is 0.192. The first-order valence-electron chi connectivity index (χ1n) is 11.3. The Morgan fingerprint density at radius 3 is 2.66 bits per heavy atom. The van der Waals surface area contributed by atoms with Gasteiger partial charge in [-0.2, -0.15) is 0 Å². The van der Waals surface area contributed by atoms with E-state index in [9.17, 15) is 9.59 Å². The van der Waals surface area contributed by atoms with Crippen molar-refractivity contribution in [3.05, 3.63) is 72.2 Å². The van der Waals surface area contributed by atoms with E-state index >= 15 is 0 Å². The number of nitrogen functional groups attached to an aromatic ring is 1.